The second-order valence-corrected chi connectivity index (χ2v) is 6.89. The monoisotopic (exact) mass is 400 g/mol. The molecule has 4 rings (SSSR count). The van der Waals surface area contributed by atoms with E-state index in [1.165, 1.54) is 12.3 Å². The molecule has 1 fully saturated rings. The lowest BCUT2D eigenvalue weighted by atomic mass is 10.1. The summed E-state index contributed by atoms with van der Waals surface area (Å²) in [5, 5.41) is 6.82. The van der Waals surface area contributed by atoms with Crippen LogP contribution in [-0.4, -0.2) is 28.8 Å². The number of aromatic nitrogens is 2. The summed E-state index contributed by atoms with van der Waals surface area (Å²) in [6, 6.07) is 12.7. The number of nitrogens with zero attached hydrogens (tertiary/aromatic N) is 3. The van der Waals surface area contributed by atoms with Gasteiger partial charge in [0, 0.05) is 19.3 Å². The van der Waals surface area contributed by atoms with Crippen LogP contribution >= 0.6 is 0 Å². The molecular formula is C21H19F3N4O. The van der Waals surface area contributed by atoms with E-state index in [9.17, 15) is 18.0 Å². The summed E-state index contributed by atoms with van der Waals surface area (Å²) in [6.07, 6.45) is 0.400. The number of rotatable bonds is 4. The molecule has 1 aliphatic rings. The summed E-state index contributed by atoms with van der Waals surface area (Å²) >= 11 is 0. The lowest BCUT2D eigenvalue weighted by Gasteiger charge is -2.22. The van der Waals surface area contributed by atoms with E-state index in [-0.39, 0.29) is 11.3 Å². The molecule has 1 N–H and O–H groups in total. The van der Waals surface area contributed by atoms with Crippen molar-refractivity contribution in [2.75, 3.05) is 23.3 Å². The first-order valence-corrected chi connectivity index (χ1v) is 9.29. The Hall–Kier alpha value is -3.29. The second-order valence-electron chi connectivity index (χ2n) is 6.89. The van der Waals surface area contributed by atoms with Crippen molar-refractivity contribution in [2.24, 2.45) is 0 Å². The molecule has 0 saturated carbocycles. The van der Waals surface area contributed by atoms with Crippen molar-refractivity contribution in [2.45, 2.75) is 19.0 Å². The molecule has 2 heterocycles. The molecule has 5 nitrogen and oxygen atoms in total. The van der Waals surface area contributed by atoms with Crippen molar-refractivity contribution in [1.29, 1.82) is 0 Å². The molecule has 0 aliphatic carbocycles. The maximum Gasteiger partial charge on any atom is 0.416 e. The van der Waals surface area contributed by atoms with Gasteiger partial charge in [-0.3, -0.25) is 4.79 Å². The largest absolute Gasteiger partial charge is 0.416 e. The molecule has 2 aromatic carbocycles. The molecule has 0 atom stereocenters. The third-order valence-corrected chi connectivity index (χ3v) is 4.88. The minimum absolute atomic E-state index is 0.152. The van der Waals surface area contributed by atoms with Crippen LogP contribution in [0.25, 0.3) is 5.69 Å². The van der Waals surface area contributed by atoms with Crippen LogP contribution in [0.5, 0.6) is 0 Å². The van der Waals surface area contributed by atoms with Gasteiger partial charge in [-0.25, -0.2) is 4.68 Å². The molecule has 0 spiro atoms. The molecule has 8 heteroatoms. The fourth-order valence-electron chi connectivity index (χ4n) is 3.40. The molecule has 150 valence electrons. The Morgan fingerprint density at radius 3 is 2.45 bits per heavy atom. The number of hydrogen-bond donors (Lipinski definition) is 1. The predicted molar refractivity (Wildman–Crippen MR) is 104 cm³/mol. The van der Waals surface area contributed by atoms with E-state index in [1.54, 1.807) is 10.9 Å². The van der Waals surface area contributed by atoms with Crippen molar-refractivity contribution in [1.82, 2.24) is 9.78 Å². The lowest BCUT2D eigenvalue weighted by molar-refractivity contribution is -0.137. The minimum Gasteiger partial charge on any atom is -0.370 e. The third kappa shape index (κ3) is 4.11. The van der Waals surface area contributed by atoms with Crippen LogP contribution in [0.3, 0.4) is 0 Å². The fourth-order valence-corrected chi connectivity index (χ4v) is 3.40. The van der Waals surface area contributed by atoms with E-state index >= 15 is 0 Å². The zero-order valence-corrected chi connectivity index (χ0v) is 15.5. The molecule has 0 radical (unpaired) electrons. The number of halogens is 3. The molecule has 1 saturated heterocycles. The number of nitrogens with one attached hydrogen (secondary N) is 1. The van der Waals surface area contributed by atoms with Gasteiger partial charge in [-0.1, -0.05) is 18.2 Å². The SMILES string of the molecule is O=C(Nc1cc(C(F)(F)F)ccc1N1CCCC1)c1cnn(-c2ccccc2)c1. The number of para-hydroxylation sites is 1. The van der Waals surface area contributed by atoms with Crippen LogP contribution in [0, 0.1) is 0 Å². The number of hydrogen-bond acceptors (Lipinski definition) is 3. The Bertz CT molecular complexity index is 1010. The van der Waals surface area contributed by atoms with Crippen molar-refractivity contribution >= 4 is 17.3 Å². The second kappa shape index (κ2) is 7.62. The minimum atomic E-state index is -4.48. The van der Waals surface area contributed by atoms with E-state index in [0.717, 1.165) is 43.8 Å². The van der Waals surface area contributed by atoms with Crippen LogP contribution in [0.1, 0.15) is 28.8 Å². The first-order chi connectivity index (χ1) is 13.9. The van der Waals surface area contributed by atoms with Gasteiger partial charge in [0.2, 0.25) is 0 Å². The van der Waals surface area contributed by atoms with Gasteiger partial charge in [0.05, 0.1) is 34.4 Å². The van der Waals surface area contributed by atoms with Gasteiger partial charge in [0.15, 0.2) is 0 Å². The summed E-state index contributed by atoms with van der Waals surface area (Å²) < 4.78 is 41.1. The van der Waals surface area contributed by atoms with E-state index in [0.29, 0.717) is 5.69 Å². The molecule has 1 amide bonds. The summed E-state index contributed by atoms with van der Waals surface area (Å²) in [5.41, 5.74) is 0.997. The Labute approximate surface area is 165 Å². The van der Waals surface area contributed by atoms with Crippen molar-refractivity contribution in [3.8, 4) is 5.69 Å². The Balaban J connectivity index is 1.62. The first-order valence-electron chi connectivity index (χ1n) is 9.29. The van der Waals surface area contributed by atoms with Crippen molar-refractivity contribution in [3.05, 3.63) is 72.1 Å². The Morgan fingerprint density at radius 2 is 1.76 bits per heavy atom. The highest BCUT2D eigenvalue weighted by molar-refractivity contribution is 6.05. The van der Waals surface area contributed by atoms with E-state index in [1.807, 2.05) is 35.2 Å². The summed E-state index contributed by atoms with van der Waals surface area (Å²) in [4.78, 5) is 14.7. The first kappa shape index (κ1) is 19.0. The average Bonchev–Trinajstić information content (AvgIpc) is 3.40. The van der Waals surface area contributed by atoms with Crippen LogP contribution in [0.4, 0.5) is 24.5 Å². The normalized spacial score (nSPS) is 14.2. The highest BCUT2D eigenvalue weighted by atomic mass is 19.4. The zero-order chi connectivity index (χ0) is 20.4. The molecule has 0 unspecified atom stereocenters. The topological polar surface area (TPSA) is 50.2 Å². The van der Waals surface area contributed by atoms with Crippen LogP contribution < -0.4 is 10.2 Å². The number of alkyl halides is 3. The molecule has 3 aromatic rings. The van der Waals surface area contributed by atoms with Gasteiger partial charge in [0.1, 0.15) is 0 Å². The summed E-state index contributed by atoms with van der Waals surface area (Å²) in [5.74, 6) is -0.507. The average molecular weight is 400 g/mol. The lowest BCUT2D eigenvalue weighted by Crippen LogP contribution is -2.22. The number of benzene rings is 2. The van der Waals surface area contributed by atoms with Crippen molar-refractivity contribution < 1.29 is 18.0 Å². The smallest absolute Gasteiger partial charge is 0.370 e. The maximum absolute atomic E-state index is 13.2. The van der Waals surface area contributed by atoms with Gasteiger partial charge < -0.3 is 10.2 Å². The number of amides is 1. The summed E-state index contributed by atoms with van der Waals surface area (Å²) in [6.45, 7) is 1.50. The Morgan fingerprint density at radius 1 is 1.03 bits per heavy atom. The quantitative estimate of drug-likeness (QED) is 0.688. The number of anilines is 2. The van der Waals surface area contributed by atoms with Crippen LogP contribution in [0.2, 0.25) is 0 Å². The maximum atomic E-state index is 13.2. The van der Waals surface area contributed by atoms with Gasteiger partial charge in [-0.15, -0.1) is 0 Å². The van der Waals surface area contributed by atoms with E-state index in [2.05, 4.69) is 10.4 Å². The highest BCUT2D eigenvalue weighted by Crippen LogP contribution is 2.36. The molecule has 1 aliphatic heterocycles. The van der Waals surface area contributed by atoms with Crippen LogP contribution in [0.15, 0.2) is 60.9 Å². The molecular weight excluding hydrogens is 381 g/mol. The van der Waals surface area contributed by atoms with Gasteiger partial charge >= 0.3 is 6.18 Å². The fraction of sp³-hybridized carbons (Fsp3) is 0.238. The van der Waals surface area contributed by atoms with E-state index in [4.69, 9.17) is 0 Å². The number of carbonyl (C=O) groups is 1. The standard InChI is InChI=1S/C21H19F3N4O/c22-21(23,24)16-8-9-19(27-10-4-5-11-27)18(12-16)26-20(29)15-13-25-28(14-15)17-6-2-1-3-7-17/h1-3,6-9,12-14H,4-5,10-11H2,(H,26,29). The molecule has 1 aromatic heterocycles. The van der Waals surface area contributed by atoms with Crippen molar-refractivity contribution in [3.63, 3.8) is 0 Å². The number of carbonyl (C=O) groups excluding carboxylic acids is 1. The summed E-state index contributed by atoms with van der Waals surface area (Å²) in [7, 11) is 0. The van der Waals surface area contributed by atoms with E-state index < -0.39 is 17.6 Å². The van der Waals surface area contributed by atoms with Crippen LogP contribution in [-0.2, 0) is 6.18 Å². The van der Waals surface area contributed by atoms with Gasteiger partial charge in [0.25, 0.3) is 5.91 Å². The zero-order valence-electron chi connectivity index (χ0n) is 15.5. The Kier molecular flexibility index (Phi) is 5.00. The van der Waals surface area contributed by atoms with Gasteiger partial charge in [-0.2, -0.15) is 18.3 Å². The predicted octanol–water partition coefficient (Wildman–Crippen LogP) is 4.74. The highest BCUT2D eigenvalue weighted by Gasteiger charge is 2.32. The third-order valence-electron chi connectivity index (χ3n) is 4.88. The molecule has 29 heavy (non-hydrogen) atoms. The molecule has 0 bridgehead atoms. The van der Waals surface area contributed by atoms with Gasteiger partial charge in [-0.05, 0) is 43.2 Å².